The largest absolute Gasteiger partial charge is 0.448 e. The third-order valence-corrected chi connectivity index (χ3v) is 10.4. The Morgan fingerprint density at radius 1 is 1.00 bits per heavy atom. The summed E-state index contributed by atoms with van der Waals surface area (Å²) in [5, 5.41) is 4.43. The maximum absolute atomic E-state index is 14.2. The number of rotatable bonds is 8. The lowest BCUT2D eigenvalue weighted by molar-refractivity contribution is -0.136. The zero-order valence-corrected chi connectivity index (χ0v) is 26.9. The molecule has 4 aliphatic rings. The number of cyclic esters (lactones) is 1. The normalized spacial score (nSPS) is 27.5. The average molecular weight is 616 g/mol. The first-order chi connectivity index (χ1) is 20.7. The number of amides is 4. The molecule has 1 aromatic carbocycles. The minimum Gasteiger partial charge on any atom is -0.448 e. The second-order valence-corrected chi connectivity index (χ2v) is 13.8. The topological polar surface area (TPSA) is 85.4 Å². The van der Waals surface area contributed by atoms with Crippen molar-refractivity contribution in [3.8, 4) is 0 Å². The van der Waals surface area contributed by atoms with Crippen LogP contribution in [0.25, 0.3) is 0 Å². The van der Waals surface area contributed by atoms with Crippen molar-refractivity contribution < 1.29 is 19.1 Å². The van der Waals surface area contributed by atoms with E-state index in [1.165, 1.54) is 19.3 Å². The highest BCUT2D eigenvalue weighted by Crippen LogP contribution is 2.32. The molecule has 0 aromatic heterocycles. The van der Waals surface area contributed by atoms with Crippen molar-refractivity contribution in [1.29, 1.82) is 0 Å². The molecule has 0 bridgehead atoms. The van der Waals surface area contributed by atoms with E-state index in [-0.39, 0.29) is 54.2 Å². The second kappa shape index (κ2) is 14.5. The molecular formula is C33H50ClN5O4. The van der Waals surface area contributed by atoms with E-state index in [4.69, 9.17) is 16.3 Å². The Balaban J connectivity index is 1.25. The maximum Gasteiger partial charge on any atom is 0.410 e. The van der Waals surface area contributed by atoms with Gasteiger partial charge in [0.15, 0.2) is 0 Å². The van der Waals surface area contributed by atoms with Crippen LogP contribution in [0.15, 0.2) is 24.3 Å². The Morgan fingerprint density at radius 2 is 1.70 bits per heavy atom. The molecule has 10 heteroatoms. The van der Waals surface area contributed by atoms with Crippen LogP contribution in [-0.2, 0) is 16.0 Å². The summed E-state index contributed by atoms with van der Waals surface area (Å²) >= 11 is 6.16. The van der Waals surface area contributed by atoms with Gasteiger partial charge in [0.1, 0.15) is 6.61 Å². The molecule has 238 valence electrons. The van der Waals surface area contributed by atoms with E-state index in [1.807, 2.05) is 48.2 Å². The van der Waals surface area contributed by atoms with E-state index in [0.717, 1.165) is 50.5 Å². The highest BCUT2D eigenvalue weighted by atomic mass is 35.5. The van der Waals surface area contributed by atoms with Crippen molar-refractivity contribution in [2.75, 3.05) is 40.3 Å². The molecule has 1 N–H and O–H groups in total. The smallest absolute Gasteiger partial charge is 0.410 e. The molecule has 2 saturated carbocycles. The van der Waals surface area contributed by atoms with Crippen LogP contribution in [0.2, 0.25) is 5.02 Å². The van der Waals surface area contributed by atoms with Crippen molar-refractivity contribution in [3.05, 3.63) is 34.9 Å². The molecule has 5 rings (SSSR count). The predicted octanol–water partition coefficient (Wildman–Crippen LogP) is 5.16. The minimum atomic E-state index is -0.346. The molecule has 3 atom stereocenters. The number of hydrogen-bond donors (Lipinski definition) is 1. The van der Waals surface area contributed by atoms with Crippen molar-refractivity contribution >= 4 is 29.6 Å². The molecule has 2 aliphatic heterocycles. The lowest BCUT2D eigenvalue weighted by Gasteiger charge is -2.48. The summed E-state index contributed by atoms with van der Waals surface area (Å²) in [5.41, 5.74) is 1.08. The number of nitrogens with one attached hydrogen (secondary N) is 1. The molecule has 2 unspecified atom stereocenters. The third-order valence-electron chi connectivity index (χ3n) is 10.1. The minimum absolute atomic E-state index is 0.101. The van der Waals surface area contributed by atoms with Gasteiger partial charge in [-0.25, -0.2) is 9.59 Å². The first-order valence-electron chi connectivity index (χ1n) is 16.4. The molecule has 2 saturated heterocycles. The molecule has 4 fully saturated rings. The van der Waals surface area contributed by atoms with Gasteiger partial charge in [0.05, 0.1) is 12.6 Å². The Kier molecular flexibility index (Phi) is 10.8. The zero-order chi connectivity index (χ0) is 30.5. The number of hydrogen-bond acceptors (Lipinski definition) is 5. The standard InChI is InChI=1S/C33H50ClN5O4/c1-23-22-37(18-17-30(23)39(32(41)36(2)3)28-7-5-4-6-8-28)31(40)29(21-24-9-11-25(34)12-10-24)35-26-13-15-27(16-14-26)38-19-20-43-33(38)42/h9-12,23,26-30,35H,4-8,13-22H2,1-3H3/t23?,26?,27?,29-,30?/m0/s1. The quantitative estimate of drug-likeness (QED) is 0.437. The molecule has 2 heterocycles. The highest BCUT2D eigenvalue weighted by molar-refractivity contribution is 6.30. The molecule has 0 spiro atoms. The van der Waals surface area contributed by atoms with Gasteiger partial charge in [0.2, 0.25) is 5.91 Å². The number of nitrogens with zero attached hydrogens (tertiary/aromatic N) is 4. The lowest BCUT2D eigenvalue weighted by Crippen LogP contribution is -2.60. The van der Waals surface area contributed by atoms with Crippen LogP contribution in [0, 0.1) is 5.92 Å². The van der Waals surface area contributed by atoms with Crippen molar-refractivity contribution in [2.45, 2.75) is 108 Å². The summed E-state index contributed by atoms with van der Waals surface area (Å²) < 4.78 is 5.16. The van der Waals surface area contributed by atoms with Gasteiger partial charge in [-0.3, -0.25) is 4.79 Å². The predicted molar refractivity (Wildman–Crippen MR) is 168 cm³/mol. The summed E-state index contributed by atoms with van der Waals surface area (Å²) in [6, 6.07) is 8.38. The van der Waals surface area contributed by atoms with Gasteiger partial charge >= 0.3 is 12.1 Å². The van der Waals surface area contributed by atoms with Gasteiger partial charge in [0, 0.05) is 56.4 Å². The number of benzene rings is 1. The van der Waals surface area contributed by atoms with Gasteiger partial charge in [0.25, 0.3) is 0 Å². The second-order valence-electron chi connectivity index (χ2n) is 13.4. The summed E-state index contributed by atoms with van der Waals surface area (Å²) in [6.45, 7) is 4.66. The van der Waals surface area contributed by atoms with Crippen molar-refractivity contribution in [1.82, 2.24) is 24.9 Å². The number of ether oxygens (including phenoxy) is 1. The molecule has 4 amide bonds. The van der Waals surface area contributed by atoms with Crippen LogP contribution in [0.4, 0.5) is 9.59 Å². The number of urea groups is 1. The van der Waals surface area contributed by atoms with E-state index >= 15 is 0 Å². The molecule has 43 heavy (non-hydrogen) atoms. The molecular weight excluding hydrogens is 566 g/mol. The Hall–Kier alpha value is -2.52. The first-order valence-corrected chi connectivity index (χ1v) is 16.8. The third kappa shape index (κ3) is 7.77. The molecule has 2 aliphatic carbocycles. The Labute approximate surface area is 262 Å². The number of likely N-dealkylation sites (tertiary alicyclic amines) is 1. The van der Waals surface area contributed by atoms with Gasteiger partial charge in [-0.2, -0.15) is 0 Å². The summed E-state index contributed by atoms with van der Waals surface area (Å²) in [6.07, 6.45) is 10.6. The summed E-state index contributed by atoms with van der Waals surface area (Å²) in [4.78, 5) is 47.5. The van der Waals surface area contributed by atoms with E-state index in [0.29, 0.717) is 37.7 Å². The van der Waals surface area contributed by atoms with Crippen LogP contribution in [-0.4, -0.2) is 108 Å². The number of carbonyl (C=O) groups is 3. The number of halogens is 1. The van der Waals surface area contributed by atoms with Gasteiger partial charge in [-0.1, -0.05) is 49.9 Å². The van der Waals surface area contributed by atoms with E-state index in [2.05, 4.69) is 17.1 Å². The highest BCUT2D eigenvalue weighted by Gasteiger charge is 2.41. The van der Waals surface area contributed by atoms with Crippen LogP contribution in [0.5, 0.6) is 0 Å². The molecule has 9 nitrogen and oxygen atoms in total. The summed E-state index contributed by atoms with van der Waals surface area (Å²) in [5.74, 6) is 0.323. The van der Waals surface area contributed by atoms with Crippen molar-refractivity contribution in [2.24, 2.45) is 5.92 Å². The SMILES string of the molecule is CC1CN(C(=O)[C@H](Cc2ccc(Cl)cc2)NC2CCC(N3CCOC3=O)CC2)CCC1N(C(=O)N(C)C)C1CCCCC1. The van der Waals surface area contributed by atoms with E-state index < -0.39 is 0 Å². The fraction of sp³-hybridized carbons (Fsp3) is 0.727. The average Bonchev–Trinajstić information content (AvgIpc) is 3.45. The number of carbonyl (C=O) groups excluding carboxylic acids is 3. The van der Waals surface area contributed by atoms with E-state index in [9.17, 15) is 14.4 Å². The van der Waals surface area contributed by atoms with Crippen LogP contribution in [0.3, 0.4) is 0 Å². The monoisotopic (exact) mass is 615 g/mol. The van der Waals surface area contributed by atoms with Gasteiger partial charge in [-0.15, -0.1) is 0 Å². The maximum atomic E-state index is 14.2. The van der Waals surface area contributed by atoms with Gasteiger partial charge < -0.3 is 29.7 Å². The van der Waals surface area contributed by atoms with Gasteiger partial charge in [-0.05, 0) is 75.0 Å². The van der Waals surface area contributed by atoms with Crippen molar-refractivity contribution in [3.63, 3.8) is 0 Å². The van der Waals surface area contributed by atoms with Crippen LogP contribution >= 0.6 is 11.6 Å². The number of piperidine rings is 1. The summed E-state index contributed by atoms with van der Waals surface area (Å²) in [7, 11) is 3.69. The fourth-order valence-corrected chi connectivity index (χ4v) is 7.90. The Bertz CT molecular complexity index is 1100. The van der Waals surface area contributed by atoms with E-state index in [1.54, 1.807) is 4.90 Å². The fourth-order valence-electron chi connectivity index (χ4n) is 7.78. The van der Waals surface area contributed by atoms with Crippen LogP contribution in [0.1, 0.15) is 76.7 Å². The zero-order valence-electron chi connectivity index (χ0n) is 26.2. The molecule has 1 aromatic rings. The lowest BCUT2D eigenvalue weighted by atomic mass is 9.87. The molecule has 0 radical (unpaired) electrons. The van der Waals surface area contributed by atoms with Crippen LogP contribution < -0.4 is 5.32 Å². The first kappa shape index (κ1) is 31.9. The Morgan fingerprint density at radius 3 is 2.30 bits per heavy atom.